The number of carbonyl (C=O) groups is 1. The zero-order valence-electron chi connectivity index (χ0n) is 13.8. The number of methoxy groups -OCH3 is 1. The van der Waals surface area contributed by atoms with Crippen LogP contribution in [0.15, 0.2) is 24.3 Å². The largest absolute Gasteiger partial charge is 0.443 e. The molecule has 1 saturated carbocycles. The van der Waals surface area contributed by atoms with E-state index < -0.39 is 0 Å². The predicted octanol–water partition coefficient (Wildman–Crippen LogP) is 4.13. The SMILES string of the molecule is COC(c1ccccc1C)C(C)OC(=O)NC1CCCCC1. The van der Waals surface area contributed by atoms with Gasteiger partial charge in [-0.3, -0.25) is 0 Å². The lowest BCUT2D eigenvalue weighted by molar-refractivity contribution is -0.0162. The molecule has 0 radical (unpaired) electrons. The van der Waals surface area contributed by atoms with Crippen LogP contribution in [-0.4, -0.2) is 25.3 Å². The van der Waals surface area contributed by atoms with Gasteiger partial charge in [-0.25, -0.2) is 4.79 Å². The van der Waals surface area contributed by atoms with Crippen LogP contribution in [0.3, 0.4) is 0 Å². The van der Waals surface area contributed by atoms with Gasteiger partial charge in [0.25, 0.3) is 0 Å². The smallest absolute Gasteiger partial charge is 0.407 e. The molecular weight excluding hydrogens is 278 g/mol. The average molecular weight is 305 g/mol. The molecule has 2 unspecified atom stereocenters. The van der Waals surface area contributed by atoms with E-state index >= 15 is 0 Å². The maximum atomic E-state index is 12.1. The summed E-state index contributed by atoms with van der Waals surface area (Å²) in [7, 11) is 1.65. The van der Waals surface area contributed by atoms with E-state index in [9.17, 15) is 4.79 Å². The second-order valence-electron chi connectivity index (χ2n) is 6.10. The number of rotatable bonds is 5. The Balaban J connectivity index is 1.92. The summed E-state index contributed by atoms with van der Waals surface area (Å²) in [5.41, 5.74) is 2.19. The first-order valence-electron chi connectivity index (χ1n) is 8.17. The lowest BCUT2D eigenvalue weighted by Crippen LogP contribution is -2.39. The molecule has 0 aliphatic heterocycles. The van der Waals surface area contributed by atoms with Gasteiger partial charge in [-0.1, -0.05) is 43.5 Å². The predicted molar refractivity (Wildman–Crippen MR) is 86.9 cm³/mol. The summed E-state index contributed by atoms with van der Waals surface area (Å²) in [5.74, 6) is 0. The number of ether oxygens (including phenoxy) is 2. The van der Waals surface area contributed by atoms with E-state index in [4.69, 9.17) is 9.47 Å². The van der Waals surface area contributed by atoms with Crippen LogP contribution in [0.4, 0.5) is 4.79 Å². The number of hydrogen-bond donors (Lipinski definition) is 1. The summed E-state index contributed by atoms with van der Waals surface area (Å²) >= 11 is 0. The zero-order chi connectivity index (χ0) is 15.9. The van der Waals surface area contributed by atoms with Gasteiger partial charge in [0.15, 0.2) is 0 Å². The average Bonchev–Trinajstić information content (AvgIpc) is 2.50. The van der Waals surface area contributed by atoms with E-state index in [0.717, 1.165) is 24.0 Å². The van der Waals surface area contributed by atoms with E-state index in [1.54, 1.807) is 7.11 Å². The van der Waals surface area contributed by atoms with Crippen LogP contribution in [0.5, 0.6) is 0 Å². The number of benzene rings is 1. The lowest BCUT2D eigenvalue weighted by Gasteiger charge is -2.27. The third-order valence-electron chi connectivity index (χ3n) is 4.40. The van der Waals surface area contributed by atoms with Crippen molar-refractivity contribution in [1.82, 2.24) is 5.32 Å². The van der Waals surface area contributed by atoms with E-state index in [2.05, 4.69) is 5.32 Å². The van der Waals surface area contributed by atoms with E-state index in [0.29, 0.717) is 0 Å². The van der Waals surface area contributed by atoms with Crippen molar-refractivity contribution in [3.63, 3.8) is 0 Å². The van der Waals surface area contributed by atoms with Crippen molar-refractivity contribution in [1.29, 1.82) is 0 Å². The molecule has 1 aliphatic rings. The van der Waals surface area contributed by atoms with E-state index in [1.807, 2.05) is 38.1 Å². The Morgan fingerprint density at radius 1 is 1.23 bits per heavy atom. The van der Waals surface area contributed by atoms with E-state index in [1.165, 1.54) is 19.3 Å². The second kappa shape index (κ2) is 8.18. The molecule has 0 heterocycles. The molecule has 2 atom stereocenters. The fourth-order valence-corrected chi connectivity index (χ4v) is 3.16. The Bertz CT molecular complexity index is 483. The van der Waals surface area contributed by atoms with Gasteiger partial charge in [-0.2, -0.15) is 0 Å². The number of alkyl carbamates (subject to hydrolysis) is 1. The quantitative estimate of drug-likeness (QED) is 0.889. The van der Waals surface area contributed by atoms with Crippen molar-refractivity contribution in [2.24, 2.45) is 0 Å². The normalized spacial score (nSPS) is 18.5. The molecule has 4 nitrogen and oxygen atoms in total. The van der Waals surface area contributed by atoms with Crippen LogP contribution in [0.25, 0.3) is 0 Å². The maximum absolute atomic E-state index is 12.1. The Kier molecular flexibility index (Phi) is 6.25. The summed E-state index contributed by atoms with van der Waals surface area (Å²) in [6.07, 6.45) is 4.81. The van der Waals surface area contributed by atoms with Gasteiger partial charge in [-0.05, 0) is 37.8 Å². The Labute approximate surface area is 133 Å². The topological polar surface area (TPSA) is 47.6 Å². The van der Waals surface area contributed by atoms with Crippen molar-refractivity contribution in [3.8, 4) is 0 Å². The summed E-state index contributed by atoms with van der Waals surface area (Å²) in [6, 6.07) is 8.28. The Morgan fingerprint density at radius 3 is 2.55 bits per heavy atom. The van der Waals surface area contributed by atoms with Crippen LogP contribution in [0, 0.1) is 6.92 Å². The minimum Gasteiger partial charge on any atom is -0.443 e. The van der Waals surface area contributed by atoms with Gasteiger partial charge in [0.1, 0.15) is 12.2 Å². The molecule has 0 spiro atoms. The molecule has 122 valence electrons. The van der Waals surface area contributed by atoms with Crippen LogP contribution in [0.2, 0.25) is 0 Å². The highest BCUT2D eigenvalue weighted by Crippen LogP contribution is 2.26. The molecule has 1 N–H and O–H groups in total. The first-order valence-corrected chi connectivity index (χ1v) is 8.17. The number of hydrogen-bond acceptors (Lipinski definition) is 3. The molecule has 4 heteroatoms. The van der Waals surface area contributed by atoms with Crippen LogP contribution in [0.1, 0.15) is 56.3 Å². The highest BCUT2D eigenvalue weighted by molar-refractivity contribution is 5.67. The summed E-state index contributed by atoms with van der Waals surface area (Å²) in [6.45, 7) is 3.91. The molecule has 1 aliphatic carbocycles. The molecule has 0 saturated heterocycles. The first-order chi connectivity index (χ1) is 10.6. The van der Waals surface area contributed by atoms with Gasteiger partial charge in [0.05, 0.1) is 0 Å². The monoisotopic (exact) mass is 305 g/mol. The molecule has 22 heavy (non-hydrogen) atoms. The molecule has 1 fully saturated rings. The Hall–Kier alpha value is -1.55. The third-order valence-corrected chi connectivity index (χ3v) is 4.40. The zero-order valence-corrected chi connectivity index (χ0v) is 13.8. The highest BCUT2D eigenvalue weighted by Gasteiger charge is 2.25. The van der Waals surface area contributed by atoms with Crippen LogP contribution in [-0.2, 0) is 9.47 Å². The van der Waals surface area contributed by atoms with Crippen molar-refractivity contribution in [3.05, 3.63) is 35.4 Å². The number of amides is 1. The number of aryl methyl sites for hydroxylation is 1. The molecule has 1 aromatic rings. The van der Waals surface area contributed by atoms with Gasteiger partial charge in [0.2, 0.25) is 0 Å². The molecule has 1 amide bonds. The van der Waals surface area contributed by atoms with E-state index in [-0.39, 0.29) is 24.3 Å². The van der Waals surface area contributed by atoms with Crippen molar-refractivity contribution < 1.29 is 14.3 Å². The molecule has 0 bridgehead atoms. The number of carbonyl (C=O) groups excluding carboxylic acids is 1. The summed E-state index contributed by atoms with van der Waals surface area (Å²) < 4.78 is 11.1. The molecule has 2 rings (SSSR count). The second-order valence-corrected chi connectivity index (χ2v) is 6.10. The van der Waals surface area contributed by atoms with Crippen molar-refractivity contribution in [2.75, 3.05) is 7.11 Å². The fourth-order valence-electron chi connectivity index (χ4n) is 3.16. The molecular formula is C18H27NO3. The van der Waals surface area contributed by atoms with Gasteiger partial charge in [0, 0.05) is 13.2 Å². The minimum atomic E-state index is -0.338. The maximum Gasteiger partial charge on any atom is 0.407 e. The standard InChI is InChI=1S/C18H27NO3/c1-13-9-7-8-12-16(13)17(21-3)14(2)22-18(20)19-15-10-5-4-6-11-15/h7-9,12,14-15,17H,4-6,10-11H2,1-3H3,(H,19,20). The van der Waals surface area contributed by atoms with Crippen molar-refractivity contribution in [2.45, 2.75) is 64.2 Å². The van der Waals surface area contributed by atoms with Crippen molar-refractivity contribution >= 4 is 6.09 Å². The van der Waals surface area contributed by atoms with Gasteiger partial charge < -0.3 is 14.8 Å². The minimum absolute atomic E-state index is 0.252. The van der Waals surface area contributed by atoms with Crippen LogP contribution < -0.4 is 5.32 Å². The lowest BCUT2D eigenvalue weighted by atomic mass is 9.96. The first kappa shape index (κ1) is 16.8. The summed E-state index contributed by atoms with van der Waals surface area (Å²) in [5, 5.41) is 2.98. The van der Waals surface area contributed by atoms with Gasteiger partial charge in [-0.15, -0.1) is 0 Å². The van der Waals surface area contributed by atoms with Crippen LogP contribution >= 0.6 is 0 Å². The van der Waals surface area contributed by atoms with Gasteiger partial charge >= 0.3 is 6.09 Å². The highest BCUT2D eigenvalue weighted by atomic mass is 16.6. The third kappa shape index (κ3) is 4.47. The summed E-state index contributed by atoms with van der Waals surface area (Å²) in [4.78, 5) is 12.1. The molecule has 0 aromatic heterocycles. The fraction of sp³-hybridized carbons (Fsp3) is 0.611. The Morgan fingerprint density at radius 2 is 1.91 bits per heavy atom. The number of nitrogens with one attached hydrogen (secondary N) is 1. The molecule has 1 aromatic carbocycles.